The lowest BCUT2D eigenvalue weighted by atomic mass is 9.75. The molecule has 88 valence electrons. The quantitative estimate of drug-likeness (QED) is 0.752. The highest BCUT2D eigenvalue weighted by Gasteiger charge is 2.32. The van der Waals surface area contributed by atoms with E-state index >= 15 is 0 Å². The standard InChI is InChI=1S/C14H26O/c1-2-11-7-9-13(10-8-11)14(15)12-5-3-4-6-12/h11-15H,2-10H2,1H3. The van der Waals surface area contributed by atoms with E-state index in [0.717, 1.165) is 5.92 Å². The lowest BCUT2D eigenvalue weighted by Crippen LogP contribution is -2.30. The number of hydrogen-bond acceptors (Lipinski definition) is 1. The molecule has 2 saturated carbocycles. The maximum absolute atomic E-state index is 10.3. The maximum atomic E-state index is 10.3. The van der Waals surface area contributed by atoms with Crippen molar-refractivity contribution in [1.29, 1.82) is 0 Å². The predicted octanol–water partition coefficient (Wildman–Crippen LogP) is 3.75. The van der Waals surface area contributed by atoms with E-state index in [1.165, 1.54) is 57.8 Å². The number of rotatable bonds is 3. The Morgan fingerprint density at radius 1 is 0.933 bits per heavy atom. The minimum absolute atomic E-state index is 0.0327. The van der Waals surface area contributed by atoms with Crippen molar-refractivity contribution in [3.63, 3.8) is 0 Å². The molecule has 0 aliphatic heterocycles. The van der Waals surface area contributed by atoms with Crippen LogP contribution in [-0.4, -0.2) is 11.2 Å². The van der Waals surface area contributed by atoms with E-state index < -0.39 is 0 Å². The van der Waals surface area contributed by atoms with Gasteiger partial charge in [-0.25, -0.2) is 0 Å². The van der Waals surface area contributed by atoms with Crippen molar-refractivity contribution < 1.29 is 5.11 Å². The fourth-order valence-corrected chi connectivity index (χ4v) is 3.62. The Morgan fingerprint density at radius 3 is 2.00 bits per heavy atom. The van der Waals surface area contributed by atoms with Gasteiger partial charge in [-0.15, -0.1) is 0 Å². The third-order valence-corrected chi connectivity index (χ3v) is 4.83. The van der Waals surface area contributed by atoms with Gasteiger partial charge in [-0.2, -0.15) is 0 Å². The predicted molar refractivity (Wildman–Crippen MR) is 63.7 cm³/mol. The molecule has 0 bridgehead atoms. The van der Waals surface area contributed by atoms with Crippen molar-refractivity contribution in [3.05, 3.63) is 0 Å². The molecule has 0 aromatic carbocycles. The maximum Gasteiger partial charge on any atom is 0.0596 e. The summed E-state index contributed by atoms with van der Waals surface area (Å²) in [5.41, 5.74) is 0. The molecule has 15 heavy (non-hydrogen) atoms. The number of hydrogen-bond donors (Lipinski definition) is 1. The fraction of sp³-hybridized carbons (Fsp3) is 1.00. The molecular formula is C14H26O. The molecule has 0 saturated heterocycles. The first-order valence-corrected chi connectivity index (χ1v) is 6.99. The van der Waals surface area contributed by atoms with E-state index in [4.69, 9.17) is 0 Å². The number of aliphatic hydroxyl groups excluding tert-OH is 1. The monoisotopic (exact) mass is 210 g/mol. The molecule has 2 fully saturated rings. The molecule has 0 aromatic rings. The van der Waals surface area contributed by atoms with Crippen LogP contribution in [0.4, 0.5) is 0 Å². The van der Waals surface area contributed by atoms with Crippen LogP contribution in [0, 0.1) is 17.8 Å². The summed E-state index contributed by atoms with van der Waals surface area (Å²) >= 11 is 0. The van der Waals surface area contributed by atoms with E-state index in [2.05, 4.69) is 6.92 Å². The average Bonchev–Trinajstić information content (AvgIpc) is 2.82. The first-order chi connectivity index (χ1) is 7.31. The van der Waals surface area contributed by atoms with E-state index in [0.29, 0.717) is 11.8 Å². The van der Waals surface area contributed by atoms with Crippen LogP contribution in [0.25, 0.3) is 0 Å². The van der Waals surface area contributed by atoms with E-state index in [9.17, 15) is 5.11 Å². The summed E-state index contributed by atoms with van der Waals surface area (Å²) in [6, 6.07) is 0. The Hall–Kier alpha value is -0.0400. The zero-order valence-corrected chi connectivity index (χ0v) is 10.1. The summed E-state index contributed by atoms with van der Waals surface area (Å²) in [6.07, 6.45) is 12.0. The Kier molecular flexibility index (Phi) is 4.07. The van der Waals surface area contributed by atoms with Crippen LogP contribution >= 0.6 is 0 Å². The minimum Gasteiger partial charge on any atom is -0.393 e. The molecule has 1 N–H and O–H groups in total. The van der Waals surface area contributed by atoms with E-state index in [-0.39, 0.29) is 6.10 Å². The van der Waals surface area contributed by atoms with Gasteiger partial charge in [0.15, 0.2) is 0 Å². The van der Waals surface area contributed by atoms with Crippen molar-refractivity contribution in [3.8, 4) is 0 Å². The van der Waals surface area contributed by atoms with Crippen molar-refractivity contribution in [2.75, 3.05) is 0 Å². The van der Waals surface area contributed by atoms with Crippen molar-refractivity contribution in [1.82, 2.24) is 0 Å². The Morgan fingerprint density at radius 2 is 1.47 bits per heavy atom. The van der Waals surface area contributed by atoms with Gasteiger partial charge >= 0.3 is 0 Å². The fourth-order valence-electron chi connectivity index (χ4n) is 3.62. The summed E-state index contributed by atoms with van der Waals surface area (Å²) in [5, 5.41) is 10.3. The average molecular weight is 210 g/mol. The van der Waals surface area contributed by atoms with Crippen molar-refractivity contribution in [2.45, 2.75) is 70.8 Å². The SMILES string of the molecule is CCC1CCC(C(O)C2CCCC2)CC1. The second-order valence-electron chi connectivity index (χ2n) is 5.72. The smallest absolute Gasteiger partial charge is 0.0596 e. The third kappa shape index (κ3) is 2.75. The van der Waals surface area contributed by atoms with Crippen LogP contribution < -0.4 is 0 Å². The van der Waals surface area contributed by atoms with Crippen LogP contribution in [0.15, 0.2) is 0 Å². The Bertz CT molecular complexity index is 176. The van der Waals surface area contributed by atoms with Gasteiger partial charge in [0.25, 0.3) is 0 Å². The molecule has 1 nitrogen and oxygen atoms in total. The van der Waals surface area contributed by atoms with Gasteiger partial charge in [0.1, 0.15) is 0 Å². The number of aliphatic hydroxyl groups is 1. The normalized spacial score (nSPS) is 35.6. The van der Waals surface area contributed by atoms with Crippen LogP contribution in [0.2, 0.25) is 0 Å². The second kappa shape index (κ2) is 5.34. The molecule has 0 spiro atoms. The van der Waals surface area contributed by atoms with Crippen LogP contribution in [0.5, 0.6) is 0 Å². The lowest BCUT2D eigenvalue weighted by Gasteiger charge is -2.33. The Labute approximate surface area is 94.3 Å². The summed E-state index contributed by atoms with van der Waals surface area (Å²) in [5.74, 6) is 2.24. The largest absolute Gasteiger partial charge is 0.393 e. The van der Waals surface area contributed by atoms with E-state index in [1.54, 1.807) is 0 Å². The molecule has 2 rings (SSSR count). The molecule has 1 unspecified atom stereocenters. The van der Waals surface area contributed by atoms with Crippen LogP contribution in [0.3, 0.4) is 0 Å². The molecule has 1 heteroatoms. The van der Waals surface area contributed by atoms with Gasteiger partial charge < -0.3 is 5.11 Å². The van der Waals surface area contributed by atoms with Gasteiger partial charge in [-0.1, -0.05) is 39.0 Å². The van der Waals surface area contributed by atoms with Gasteiger partial charge in [0, 0.05) is 0 Å². The second-order valence-corrected chi connectivity index (χ2v) is 5.72. The van der Waals surface area contributed by atoms with Gasteiger partial charge in [0.05, 0.1) is 6.10 Å². The minimum atomic E-state index is 0.0327. The molecule has 0 aromatic heterocycles. The first-order valence-electron chi connectivity index (χ1n) is 6.99. The lowest BCUT2D eigenvalue weighted by molar-refractivity contribution is 0.0278. The molecule has 0 heterocycles. The summed E-state index contributed by atoms with van der Waals surface area (Å²) in [7, 11) is 0. The molecule has 0 radical (unpaired) electrons. The molecule has 2 aliphatic carbocycles. The Balaban J connectivity index is 1.78. The van der Waals surface area contributed by atoms with E-state index in [1.807, 2.05) is 0 Å². The molecule has 1 atom stereocenters. The highest BCUT2D eigenvalue weighted by Crippen LogP contribution is 2.38. The third-order valence-electron chi connectivity index (χ3n) is 4.83. The van der Waals surface area contributed by atoms with Crippen molar-refractivity contribution in [2.24, 2.45) is 17.8 Å². The highest BCUT2D eigenvalue weighted by molar-refractivity contribution is 4.83. The summed E-state index contributed by atoms with van der Waals surface area (Å²) < 4.78 is 0. The summed E-state index contributed by atoms with van der Waals surface area (Å²) in [4.78, 5) is 0. The first kappa shape index (κ1) is 11.4. The topological polar surface area (TPSA) is 20.2 Å². The van der Waals surface area contributed by atoms with Crippen molar-refractivity contribution >= 4 is 0 Å². The summed E-state index contributed by atoms with van der Waals surface area (Å²) in [6.45, 7) is 2.30. The van der Waals surface area contributed by atoms with Gasteiger partial charge in [-0.05, 0) is 43.4 Å². The molecule has 0 amide bonds. The zero-order valence-electron chi connectivity index (χ0n) is 10.1. The zero-order chi connectivity index (χ0) is 10.7. The van der Waals surface area contributed by atoms with Gasteiger partial charge in [-0.3, -0.25) is 0 Å². The molecule has 2 aliphatic rings. The molecular weight excluding hydrogens is 184 g/mol. The highest BCUT2D eigenvalue weighted by atomic mass is 16.3. The van der Waals surface area contributed by atoms with Gasteiger partial charge in [0.2, 0.25) is 0 Å². The van der Waals surface area contributed by atoms with Crippen LogP contribution in [0.1, 0.15) is 64.7 Å². The van der Waals surface area contributed by atoms with Crippen LogP contribution in [-0.2, 0) is 0 Å².